The molecule has 0 saturated heterocycles. The van der Waals surface area contributed by atoms with Crippen LogP contribution in [0.1, 0.15) is 51.4 Å². The van der Waals surface area contributed by atoms with Crippen molar-refractivity contribution in [1.29, 1.82) is 0 Å². The molecule has 0 aromatic carbocycles. The molecule has 1 unspecified atom stereocenters. The topological polar surface area (TPSA) is 12.0 Å². The maximum absolute atomic E-state index is 13.1. The third-order valence-corrected chi connectivity index (χ3v) is 3.47. The Balaban J connectivity index is 1.79. The molecule has 0 aromatic rings. The molecule has 1 atom stereocenters. The van der Waals surface area contributed by atoms with Crippen molar-refractivity contribution >= 4 is 0 Å². The summed E-state index contributed by atoms with van der Waals surface area (Å²) in [5.41, 5.74) is 0. The van der Waals surface area contributed by atoms with Gasteiger partial charge in [-0.1, -0.05) is 12.8 Å². The molecule has 82 valence electrons. The van der Waals surface area contributed by atoms with Crippen LogP contribution in [0, 0.1) is 0 Å². The normalized spacial score (nSPS) is 33.4. The summed E-state index contributed by atoms with van der Waals surface area (Å²) in [6.45, 7) is 0. The quantitative estimate of drug-likeness (QED) is 0.727. The predicted molar refractivity (Wildman–Crippen MR) is 52.6 cm³/mol. The van der Waals surface area contributed by atoms with E-state index in [1.807, 2.05) is 0 Å². The van der Waals surface area contributed by atoms with E-state index in [-0.39, 0.29) is 18.9 Å². The summed E-state index contributed by atoms with van der Waals surface area (Å²) >= 11 is 0. The van der Waals surface area contributed by atoms with Crippen molar-refractivity contribution in [2.45, 2.75) is 69.4 Å². The zero-order valence-electron chi connectivity index (χ0n) is 8.57. The summed E-state index contributed by atoms with van der Waals surface area (Å²) in [7, 11) is 0. The highest BCUT2D eigenvalue weighted by atomic mass is 19.3. The first-order chi connectivity index (χ1) is 6.66. The van der Waals surface area contributed by atoms with Gasteiger partial charge in [-0.2, -0.15) is 0 Å². The fraction of sp³-hybridized carbons (Fsp3) is 1.00. The highest BCUT2D eigenvalue weighted by molar-refractivity contribution is 4.86. The minimum atomic E-state index is -2.41. The molecular formula is C11H19F2N. The monoisotopic (exact) mass is 203 g/mol. The van der Waals surface area contributed by atoms with Gasteiger partial charge in [0.15, 0.2) is 0 Å². The molecule has 0 amide bonds. The fourth-order valence-corrected chi connectivity index (χ4v) is 2.74. The summed E-state index contributed by atoms with van der Waals surface area (Å²) in [5, 5.41) is 3.39. The van der Waals surface area contributed by atoms with E-state index in [2.05, 4.69) is 5.32 Å². The summed E-state index contributed by atoms with van der Waals surface area (Å²) in [5.74, 6) is -2.41. The van der Waals surface area contributed by atoms with E-state index in [0.717, 1.165) is 6.42 Å². The van der Waals surface area contributed by atoms with Crippen LogP contribution < -0.4 is 5.32 Å². The Morgan fingerprint density at radius 3 is 2.21 bits per heavy atom. The van der Waals surface area contributed by atoms with Crippen LogP contribution in [-0.4, -0.2) is 18.0 Å². The maximum atomic E-state index is 13.1. The molecule has 0 aliphatic heterocycles. The lowest BCUT2D eigenvalue weighted by atomic mass is 9.91. The van der Waals surface area contributed by atoms with E-state index < -0.39 is 5.92 Å². The average Bonchev–Trinajstić information content (AvgIpc) is 2.54. The lowest BCUT2D eigenvalue weighted by molar-refractivity contribution is -0.0452. The molecule has 0 spiro atoms. The second-order valence-corrected chi connectivity index (χ2v) is 4.80. The van der Waals surface area contributed by atoms with Crippen LogP contribution in [0.3, 0.4) is 0 Å². The Bertz CT molecular complexity index is 188. The minimum absolute atomic E-state index is 0.0590. The molecule has 0 aromatic heterocycles. The van der Waals surface area contributed by atoms with Gasteiger partial charge in [-0.3, -0.25) is 0 Å². The van der Waals surface area contributed by atoms with Crippen LogP contribution in [0.25, 0.3) is 0 Å². The molecule has 2 saturated carbocycles. The third kappa shape index (κ3) is 2.66. The molecule has 0 bridgehead atoms. The van der Waals surface area contributed by atoms with Gasteiger partial charge in [0.1, 0.15) is 0 Å². The van der Waals surface area contributed by atoms with Gasteiger partial charge >= 0.3 is 0 Å². The molecule has 2 fully saturated rings. The van der Waals surface area contributed by atoms with Crippen molar-refractivity contribution in [3.63, 3.8) is 0 Å². The Morgan fingerprint density at radius 1 is 0.929 bits per heavy atom. The average molecular weight is 203 g/mol. The van der Waals surface area contributed by atoms with E-state index >= 15 is 0 Å². The number of alkyl halides is 2. The first kappa shape index (κ1) is 10.3. The van der Waals surface area contributed by atoms with Crippen molar-refractivity contribution in [3.8, 4) is 0 Å². The molecule has 0 radical (unpaired) electrons. The summed E-state index contributed by atoms with van der Waals surface area (Å²) in [6.07, 6.45) is 6.66. The van der Waals surface area contributed by atoms with Gasteiger partial charge in [0.05, 0.1) is 0 Å². The first-order valence-corrected chi connectivity index (χ1v) is 5.80. The molecule has 14 heavy (non-hydrogen) atoms. The zero-order chi connectivity index (χ0) is 10.0. The molecule has 2 rings (SSSR count). The van der Waals surface area contributed by atoms with Gasteiger partial charge in [-0.05, 0) is 25.7 Å². The van der Waals surface area contributed by atoms with E-state index in [1.54, 1.807) is 0 Å². The number of nitrogens with one attached hydrogen (secondary N) is 1. The standard InChI is InChI=1S/C11H19F2N/c12-11(13)7-3-6-10(8-11)14-9-4-1-2-5-9/h9-10,14H,1-8H2. The fourth-order valence-electron chi connectivity index (χ4n) is 2.74. The lowest BCUT2D eigenvalue weighted by Crippen LogP contribution is -2.43. The Kier molecular flexibility index (Phi) is 3.05. The SMILES string of the molecule is FC1(F)CCCC(NC2CCCC2)C1. The molecule has 1 N–H and O–H groups in total. The van der Waals surface area contributed by atoms with Crippen LogP contribution in [0.5, 0.6) is 0 Å². The molecular weight excluding hydrogens is 184 g/mol. The number of rotatable bonds is 2. The van der Waals surface area contributed by atoms with Crippen LogP contribution in [-0.2, 0) is 0 Å². The van der Waals surface area contributed by atoms with Crippen molar-refractivity contribution < 1.29 is 8.78 Å². The highest BCUT2D eigenvalue weighted by Gasteiger charge is 2.36. The van der Waals surface area contributed by atoms with Crippen molar-refractivity contribution in [2.24, 2.45) is 0 Å². The molecule has 1 nitrogen and oxygen atoms in total. The van der Waals surface area contributed by atoms with Crippen LogP contribution in [0.4, 0.5) is 8.78 Å². The zero-order valence-corrected chi connectivity index (χ0v) is 8.57. The van der Waals surface area contributed by atoms with E-state index in [0.29, 0.717) is 12.5 Å². The summed E-state index contributed by atoms with van der Waals surface area (Å²) < 4.78 is 26.2. The Morgan fingerprint density at radius 2 is 1.57 bits per heavy atom. The predicted octanol–water partition coefficient (Wildman–Crippen LogP) is 3.10. The van der Waals surface area contributed by atoms with Crippen molar-refractivity contribution in [2.75, 3.05) is 0 Å². The van der Waals surface area contributed by atoms with E-state index in [1.165, 1.54) is 25.7 Å². The van der Waals surface area contributed by atoms with Crippen molar-refractivity contribution in [1.82, 2.24) is 5.32 Å². The Hall–Kier alpha value is -0.180. The molecule has 3 heteroatoms. The number of halogens is 2. The summed E-state index contributed by atoms with van der Waals surface area (Å²) in [4.78, 5) is 0. The van der Waals surface area contributed by atoms with Crippen LogP contribution in [0.2, 0.25) is 0 Å². The highest BCUT2D eigenvalue weighted by Crippen LogP contribution is 2.34. The second-order valence-electron chi connectivity index (χ2n) is 4.80. The van der Waals surface area contributed by atoms with E-state index in [9.17, 15) is 8.78 Å². The van der Waals surface area contributed by atoms with E-state index in [4.69, 9.17) is 0 Å². The van der Waals surface area contributed by atoms with Gasteiger partial charge in [0.25, 0.3) is 0 Å². The van der Waals surface area contributed by atoms with Crippen LogP contribution in [0.15, 0.2) is 0 Å². The van der Waals surface area contributed by atoms with Gasteiger partial charge < -0.3 is 5.32 Å². The maximum Gasteiger partial charge on any atom is 0.249 e. The first-order valence-electron chi connectivity index (χ1n) is 5.80. The lowest BCUT2D eigenvalue weighted by Gasteiger charge is -2.31. The molecule has 2 aliphatic carbocycles. The Labute approximate surface area is 84.3 Å². The summed E-state index contributed by atoms with van der Waals surface area (Å²) in [6, 6.07) is 0.593. The number of hydrogen-bond acceptors (Lipinski definition) is 1. The minimum Gasteiger partial charge on any atom is -0.311 e. The smallest absolute Gasteiger partial charge is 0.249 e. The van der Waals surface area contributed by atoms with Crippen molar-refractivity contribution in [3.05, 3.63) is 0 Å². The van der Waals surface area contributed by atoms with Gasteiger partial charge in [0, 0.05) is 24.9 Å². The van der Waals surface area contributed by atoms with Gasteiger partial charge in [-0.15, -0.1) is 0 Å². The van der Waals surface area contributed by atoms with Crippen LogP contribution >= 0.6 is 0 Å². The second kappa shape index (κ2) is 4.13. The third-order valence-electron chi connectivity index (χ3n) is 3.47. The molecule has 2 aliphatic rings. The molecule has 0 heterocycles. The van der Waals surface area contributed by atoms with Gasteiger partial charge in [0.2, 0.25) is 5.92 Å². The van der Waals surface area contributed by atoms with Gasteiger partial charge in [-0.25, -0.2) is 8.78 Å². The largest absolute Gasteiger partial charge is 0.311 e. The number of hydrogen-bond donors (Lipinski definition) is 1.